The van der Waals surface area contributed by atoms with Crippen molar-refractivity contribution in [3.63, 3.8) is 0 Å². The summed E-state index contributed by atoms with van der Waals surface area (Å²) >= 11 is 0. The number of ether oxygens (including phenoxy) is 3. The molecular weight excluding hydrogens is 208 g/mol. The van der Waals surface area contributed by atoms with Crippen molar-refractivity contribution < 1.29 is 19.0 Å². The van der Waals surface area contributed by atoms with Crippen LogP contribution >= 0.6 is 0 Å². The Bertz CT molecular complexity index is 415. The number of methoxy groups -OCH3 is 3. The second-order valence-corrected chi connectivity index (χ2v) is 2.80. The molecule has 0 heterocycles. The van der Waals surface area contributed by atoms with Crippen molar-refractivity contribution in [2.45, 2.75) is 0 Å². The Morgan fingerprint density at radius 3 is 2.00 bits per heavy atom. The van der Waals surface area contributed by atoms with Crippen LogP contribution in [-0.2, 0) is 4.79 Å². The van der Waals surface area contributed by atoms with Gasteiger partial charge in [-0.2, -0.15) is 0 Å². The Balaban J connectivity index is 3.30. The van der Waals surface area contributed by atoms with Gasteiger partial charge in [-0.1, -0.05) is 5.92 Å². The van der Waals surface area contributed by atoms with Gasteiger partial charge >= 0.3 is 0 Å². The first-order valence-electron chi connectivity index (χ1n) is 4.52. The van der Waals surface area contributed by atoms with E-state index in [-0.39, 0.29) is 0 Å². The predicted molar refractivity (Wildman–Crippen MR) is 59.0 cm³/mol. The van der Waals surface area contributed by atoms with E-state index in [9.17, 15) is 4.79 Å². The number of hydrogen-bond acceptors (Lipinski definition) is 4. The minimum absolute atomic E-state index is 0.502. The summed E-state index contributed by atoms with van der Waals surface area (Å²) in [5, 5.41) is 0. The molecule has 0 unspecified atom stereocenters. The van der Waals surface area contributed by atoms with Crippen molar-refractivity contribution in [3.8, 4) is 29.1 Å². The quantitative estimate of drug-likeness (QED) is 0.568. The van der Waals surface area contributed by atoms with Gasteiger partial charge in [-0.15, -0.1) is 0 Å². The lowest BCUT2D eigenvalue weighted by molar-refractivity contribution is -0.103. The van der Waals surface area contributed by atoms with Gasteiger partial charge < -0.3 is 14.2 Å². The lowest BCUT2D eigenvalue weighted by Gasteiger charge is -2.12. The molecule has 0 saturated carbocycles. The topological polar surface area (TPSA) is 44.8 Å². The molecule has 0 saturated heterocycles. The second kappa shape index (κ2) is 5.66. The number of carbonyl (C=O) groups excluding carboxylic acids is 1. The number of carbonyl (C=O) groups is 1. The van der Waals surface area contributed by atoms with Crippen LogP contribution in [0.5, 0.6) is 17.2 Å². The van der Waals surface area contributed by atoms with E-state index in [1.165, 1.54) is 21.3 Å². The highest BCUT2D eigenvalue weighted by atomic mass is 16.5. The molecule has 16 heavy (non-hydrogen) atoms. The van der Waals surface area contributed by atoms with Gasteiger partial charge in [0.1, 0.15) is 0 Å². The molecule has 1 aromatic rings. The zero-order valence-corrected chi connectivity index (χ0v) is 9.37. The highest BCUT2D eigenvalue weighted by molar-refractivity contribution is 5.74. The lowest BCUT2D eigenvalue weighted by Crippen LogP contribution is -1.95. The number of rotatable bonds is 3. The van der Waals surface area contributed by atoms with Crippen LogP contribution < -0.4 is 14.2 Å². The highest BCUT2D eigenvalue weighted by Crippen LogP contribution is 2.37. The molecule has 1 rings (SSSR count). The third-order valence-electron chi connectivity index (χ3n) is 1.94. The van der Waals surface area contributed by atoms with E-state index in [0.29, 0.717) is 29.1 Å². The van der Waals surface area contributed by atoms with Crippen molar-refractivity contribution in [2.24, 2.45) is 0 Å². The maximum atomic E-state index is 10.1. The van der Waals surface area contributed by atoms with E-state index in [0.717, 1.165) is 0 Å². The minimum Gasteiger partial charge on any atom is -0.493 e. The molecule has 84 valence electrons. The summed E-state index contributed by atoms with van der Waals surface area (Å²) in [6.45, 7) is 0. The first-order valence-corrected chi connectivity index (χ1v) is 4.52. The Kier molecular flexibility index (Phi) is 4.22. The molecule has 0 N–H and O–H groups in total. The van der Waals surface area contributed by atoms with Crippen LogP contribution in [0.4, 0.5) is 0 Å². The molecule has 0 amide bonds. The van der Waals surface area contributed by atoms with Gasteiger partial charge in [0.15, 0.2) is 17.8 Å². The summed E-state index contributed by atoms with van der Waals surface area (Å²) in [7, 11) is 4.57. The van der Waals surface area contributed by atoms with Crippen molar-refractivity contribution >= 4 is 6.29 Å². The summed E-state index contributed by atoms with van der Waals surface area (Å²) in [5.74, 6) is 6.51. The number of aldehydes is 1. The highest BCUT2D eigenvalue weighted by Gasteiger charge is 2.11. The van der Waals surface area contributed by atoms with Gasteiger partial charge in [-0.3, -0.25) is 4.79 Å². The van der Waals surface area contributed by atoms with E-state index in [2.05, 4.69) is 11.8 Å². The molecule has 0 aliphatic heterocycles. The number of hydrogen-bond donors (Lipinski definition) is 0. The maximum Gasteiger partial charge on any atom is 0.203 e. The van der Waals surface area contributed by atoms with Crippen LogP contribution in [0, 0.1) is 11.8 Å². The fourth-order valence-corrected chi connectivity index (χ4v) is 1.27. The molecule has 0 atom stereocenters. The van der Waals surface area contributed by atoms with Gasteiger partial charge in [0, 0.05) is 5.56 Å². The Morgan fingerprint density at radius 2 is 1.62 bits per heavy atom. The molecular formula is C12H12O4. The maximum absolute atomic E-state index is 10.1. The largest absolute Gasteiger partial charge is 0.493 e. The minimum atomic E-state index is 0.502. The van der Waals surface area contributed by atoms with E-state index in [4.69, 9.17) is 14.2 Å². The normalized spacial score (nSPS) is 8.69. The Morgan fingerprint density at radius 1 is 1.06 bits per heavy atom. The van der Waals surface area contributed by atoms with E-state index < -0.39 is 0 Å². The smallest absolute Gasteiger partial charge is 0.203 e. The van der Waals surface area contributed by atoms with Crippen LogP contribution in [-0.4, -0.2) is 27.6 Å². The first-order chi connectivity index (χ1) is 7.76. The average Bonchev–Trinajstić information content (AvgIpc) is 2.34. The van der Waals surface area contributed by atoms with Crippen LogP contribution in [0.25, 0.3) is 0 Å². The SMILES string of the molecule is COc1cc(C#CC=O)cc(OC)c1OC. The summed E-state index contributed by atoms with van der Waals surface area (Å²) in [4.78, 5) is 10.1. The van der Waals surface area contributed by atoms with Crippen LogP contribution in [0.2, 0.25) is 0 Å². The van der Waals surface area contributed by atoms with Crippen LogP contribution in [0.1, 0.15) is 5.56 Å². The fourth-order valence-electron chi connectivity index (χ4n) is 1.27. The molecule has 0 aliphatic rings. The Hall–Kier alpha value is -2.15. The van der Waals surface area contributed by atoms with E-state index >= 15 is 0 Å². The van der Waals surface area contributed by atoms with Gasteiger partial charge in [0.25, 0.3) is 0 Å². The zero-order chi connectivity index (χ0) is 12.0. The summed E-state index contributed by atoms with van der Waals surface area (Å²) in [6, 6.07) is 3.36. The van der Waals surface area contributed by atoms with Crippen LogP contribution in [0.3, 0.4) is 0 Å². The lowest BCUT2D eigenvalue weighted by atomic mass is 10.2. The first kappa shape index (κ1) is 11.9. The third-order valence-corrected chi connectivity index (χ3v) is 1.94. The molecule has 0 fully saturated rings. The van der Waals surface area contributed by atoms with Gasteiger partial charge in [-0.25, -0.2) is 0 Å². The molecule has 0 aliphatic carbocycles. The van der Waals surface area contributed by atoms with Crippen molar-refractivity contribution in [2.75, 3.05) is 21.3 Å². The molecule has 4 nitrogen and oxygen atoms in total. The predicted octanol–water partition coefficient (Wildman–Crippen LogP) is 1.26. The molecule has 0 aromatic heterocycles. The molecule has 0 spiro atoms. The third kappa shape index (κ3) is 2.45. The summed E-state index contributed by atoms with van der Waals surface area (Å²) < 4.78 is 15.4. The van der Waals surface area contributed by atoms with E-state index in [1.54, 1.807) is 12.1 Å². The second-order valence-electron chi connectivity index (χ2n) is 2.80. The van der Waals surface area contributed by atoms with Crippen molar-refractivity contribution in [3.05, 3.63) is 17.7 Å². The fraction of sp³-hybridized carbons (Fsp3) is 0.250. The van der Waals surface area contributed by atoms with Crippen molar-refractivity contribution in [1.29, 1.82) is 0 Å². The standard InChI is InChI=1S/C12H12O4/c1-14-10-7-9(5-4-6-13)8-11(15-2)12(10)16-3/h6-8H,1-3H3. The molecule has 0 bridgehead atoms. The number of benzene rings is 1. The van der Waals surface area contributed by atoms with Gasteiger partial charge in [0.05, 0.1) is 21.3 Å². The van der Waals surface area contributed by atoms with Crippen molar-refractivity contribution in [1.82, 2.24) is 0 Å². The molecule has 4 heteroatoms. The van der Waals surface area contributed by atoms with E-state index in [1.807, 2.05) is 0 Å². The van der Waals surface area contributed by atoms with Gasteiger partial charge in [-0.05, 0) is 18.1 Å². The van der Waals surface area contributed by atoms with Crippen LogP contribution in [0.15, 0.2) is 12.1 Å². The monoisotopic (exact) mass is 220 g/mol. The Labute approximate surface area is 94.1 Å². The molecule has 0 radical (unpaired) electrons. The summed E-state index contributed by atoms with van der Waals surface area (Å²) in [6.07, 6.45) is 0.531. The van der Waals surface area contributed by atoms with Gasteiger partial charge in [0.2, 0.25) is 5.75 Å². The average molecular weight is 220 g/mol. The summed E-state index contributed by atoms with van der Waals surface area (Å²) in [5.41, 5.74) is 0.626. The zero-order valence-electron chi connectivity index (χ0n) is 9.37. The molecule has 1 aromatic carbocycles.